The number of nitrogens with one attached hydrogen (secondary N) is 2. The topological polar surface area (TPSA) is 129 Å². The van der Waals surface area contributed by atoms with Crippen LogP contribution in [0.15, 0.2) is 42.6 Å². The number of nitrogens with zero attached hydrogens (tertiary/aromatic N) is 3. The van der Waals surface area contributed by atoms with E-state index in [9.17, 15) is 4.79 Å². The van der Waals surface area contributed by atoms with Gasteiger partial charge in [0.1, 0.15) is 11.8 Å². The number of hydrogen-bond acceptors (Lipinski definition) is 9. The summed E-state index contributed by atoms with van der Waals surface area (Å²) in [4.78, 5) is 14.4. The Balaban J connectivity index is 0.00000187. The number of rotatable bonds is 13. The molecule has 0 bridgehead atoms. The molecule has 2 heterocycles. The maximum Gasteiger partial charge on any atom is 0.325 e. The van der Waals surface area contributed by atoms with Crippen molar-refractivity contribution in [1.29, 1.82) is 6.69 Å². The minimum atomic E-state index is -1.50. The fourth-order valence-corrected chi connectivity index (χ4v) is 5.76. The Bertz CT molecular complexity index is 965. The minimum absolute atomic E-state index is 0.0572. The van der Waals surface area contributed by atoms with Gasteiger partial charge < -0.3 is 28.9 Å². The lowest BCUT2D eigenvalue weighted by Crippen LogP contribution is -2.59. The van der Waals surface area contributed by atoms with Crippen molar-refractivity contribution < 1.29 is 29.8 Å². The van der Waals surface area contributed by atoms with E-state index in [-0.39, 0.29) is 64.0 Å². The number of aliphatic hydroxyl groups is 1. The Kier molecular flexibility index (Phi) is 12.9. The van der Waals surface area contributed by atoms with E-state index in [0.717, 1.165) is 5.56 Å². The molecule has 3 N–H and O–H groups in total. The molecule has 0 spiro atoms. The highest BCUT2D eigenvalue weighted by Gasteiger charge is 2.40. The molecule has 4 atom stereocenters. The lowest BCUT2D eigenvalue weighted by atomic mass is 10.1. The molecule has 1 fully saturated rings. The first-order chi connectivity index (χ1) is 19.7. The molecular weight excluding hydrogens is 521 g/mol. The fourth-order valence-electron chi connectivity index (χ4n) is 4.07. The maximum absolute atomic E-state index is 12.9. The summed E-state index contributed by atoms with van der Waals surface area (Å²) in [5, 5.41) is 18.7. The average Bonchev–Trinajstić information content (AvgIpc) is 2.95. The summed E-state index contributed by atoms with van der Waals surface area (Å²) >= 11 is 0. The molecule has 1 aromatic carbocycles. The second-order valence-electron chi connectivity index (χ2n) is 9.63. The van der Waals surface area contributed by atoms with E-state index in [1.54, 1.807) is 6.20 Å². The summed E-state index contributed by atoms with van der Waals surface area (Å²) in [6.07, 6.45) is 2.77. The number of nitriles is 1. The lowest BCUT2D eigenvalue weighted by Gasteiger charge is -2.44. The van der Waals surface area contributed by atoms with E-state index < -0.39 is 20.4 Å². The van der Waals surface area contributed by atoms with E-state index in [1.165, 1.54) is 12.0 Å². The third-order valence-electron chi connectivity index (χ3n) is 5.74. The van der Waals surface area contributed by atoms with Crippen LogP contribution < -0.4 is 10.6 Å². The van der Waals surface area contributed by atoms with Crippen molar-refractivity contribution in [3.63, 3.8) is 0 Å². The first-order valence-electron chi connectivity index (χ1n) is 14.1. The zero-order chi connectivity index (χ0) is 30.3. The maximum atomic E-state index is 12.9. The predicted octanol–water partition coefficient (Wildman–Crippen LogP) is 3.67. The largest absolute Gasteiger partial charge is 0.400 e. The van der Waals surface area contributed by atoms with Crippen molar-refractivity contribution in [1.82, 2.24) is 20.2 Å². The molecule has 2 amide bonds. The van der Waals surface area contributed by atoms with Crippen molar-refractivity contribution >= 4 is 14.6 Å². The van der Waals surface area contributed by atoms with Crippen molar-refractivity contribution in [3.8, 4) is 6.07 Å². The molecule has 3 rings (SSSR count). The number of carbonyl (C=O) groups excluding carboxylic acids is 1. The van der Waals surface area contributed by atoms with E-state index >= 15 is 0 Å². The van der Waals surface area contributed by atoms with Gasteiger partial charge in [-0.3, -0.25) is 10.2 Å². The summed E-state index contributed by atoms with van der Waals surface area (Å²) in [7, 11) is -0.204. The third kappa shape index (κ3) is 10.4. The summed E-state index contributed by atoms with van der Waals surface area (Å²) < 4.78 is 40.4. The molecule has 12 heteroatoms. The summed E-state index contributed by atoms with van der Waals surface area (Å²) in [6.45, 7) is 9.40. The second-order valence-corrected chi connectivity index (χ2v) is 11.1. The van der Waals surface area contributed by atoms with Crippen LogP contribution in [0.25, 0.3) is 0 Å². The molecule has 0 aromatic heterocycles. The lowest BCUT2D eigenvalue weighted by molar-refractivity contribution is -0.228. The molecule has 39 heavy (non-hydrogen) atoms. The molecule has 2 unspecified atom stereocenters. The van der Waals surface area contributed by atoms with Gasteiger partial charge in [0.05, 0.1) is 38.9 Å². The van der Waals surface area contributed by atoms with E-state index in [2.05, 4.69) is 54.2 Å². The molecule has 1 saturated heterocycles. The van der Waals surface area contributed by atoms with Gasteiger partial charge in [0.2, 0.25) is 1.43 Å². The van der Waals surface area contributed by atoms with Crippen molar-refractivity contribution in [2.45, 2.75) is 77.6 Å². The van der Waals surface area contributed by atoms with Gasteiger partial charge >= 0.3 is 6.03 Å². The smallest absolute Gasteiger partial charge is 0.325 e. The summed E-state index contributed by atoms with van der Waals surface area (Å²) in [6, 6.07) is 12.0. The van der Waals surface area contributed by atoms with E-state index in [1.807, 2.05) is 36.4 Å². The zero-order valence-electron chi connectivity index (χ0n) is 25.5. The number of urea groups is 1. The monoisotopic (exact) mass is 568 g/mol. The van der Waals surface area contributed by atoms with Crippen LogP contribution in [0.3, 0.4) is 0 Å². The van der Waals surface area contributed by atoms with Crippen LogP contribution in [0.5, 0.6) is 0 Å². The molecule has 2 aliphatic heterocycles. The molecular formula is C27H44N5O6P. The van der Waals surface area contributed by atoms with Gasteiger partial charge in [-0.1, -0.05) is 30.3 Å². The Morgan fingerprint density at radius 3 is 2.72 bits per heavy atom. The number of carbonyl (C=O) groups is 1. The fraction of sp³-hybridized carbons (Fsp3) is 0.630. The molecule has 218 valence electrons. The Labute approximate surface area is 236 Å². The quantitative estimate of drug-likeness (QED) is 0.241. The van der Waals surface area contributed by atoms with Crippen molar-refractivity contribution in [3.05, 3.63) is 48.2 Å². The molecule has 1 aromatic rings. The van der Waals surface area contributed by atoms with Crippen LogP contribution in [-0.2, 0) is 25.1 Å². The molecule has 2 aliphatic rings. The Morgan fingerprint density at radius 2 is 2.10 bits per heavy atom. The Hall–Kier alpha value is -2.13. The number of amides is 2. The van der Waals surface area contributed by atoms with Crippen molar-refractivity contribution in [2.75, 3.05) is 33.5 Å². The molecule has 0 aliphatic carbocycles. The number of aliphatic hydroxyl groups excluding tert-OH is 1. The normalized spacial score (nSPS) is 24.5. The van der Waals surface area contributed by atoms with Crippen LogP contribution in [0, 0.1) is 11.3 Å². The van der Waals surface area contributed by atoms with Crippen LogP contribution in [0.2, 0.25) is 0 Å². The summed E-state index contributed by atoms with van der Waals surface area (Å²) in [5.41, 5.74) is 0.0463. The van der Waals surface area contributed by atoms with Gasteiger partial charge in [-0.15, -0.1) is 0 Å². The Morgan fingerprint density at radius 1 is 1.38 bits per heavy atom. The van der Waals surface area contributed by atoms with Crippen molar-refractivity contribution in [2.24, 2.45) is 0 Å². The highest BCUT2D eigenvalue weighted by Crippen LogP contribution is 2.47. The van der Waals surface area contributed by atoms with Crippen LogP contribution in [0.1, 0.15) is 47.9 Å². The van der Waals surface area contributed by atoms with Gasteiger partial charge in [-0.25, -0.2) is 9.46 Å². The van der Waals surface area contributed by atoms with E-state index in [0.29, 0.717) is 6.54 Å². The summed E-state index contributed by atoms with van der Waals surface area (Å²) in [5.74, 6) is 0. The van der Waals surface area contributed by atoms with Gasteiger partial charge in [0, 0.05) is 33.3 Å². The standard InChI is InChI=1S/C26H40N5O5P.CH4O/c1-20(2)31(21(3)4)37(34-15-9-13-27)35-19-26(5)18-33-17-24(36-26)30-14-12-23(29-25(30)32)28-16-22-10-7-6-8-11-22;1-2/h6-8,10-12,14,20-21,23-24,28H,9,15-19H2,1-5H3,(H,29,32);2H,1H3/t23?,24-,26+,37?;/m1./s1/i5D;2T. The number of benzene rings is 1. The molecule has 0 radical (unpaired) electrons. The second kappa shape index (κ2) is 16.9. The first-order valence-corrected chi connectivity index (χ1v) is 14.1. The SMILES string of the molecule is [2H]C[C@@]1(COP(OCCC#N)N(C(C)C)C(C)C)COC[C@H](N2C=CC(NCc3ccccc3)NC2=O)O1.[3H]OC. The number of hydrogen-bond donors (Lipinski definition) is 3. The van der Waals surface area contributed by atoms with Gasteiger partial charge in [-0.2, -0.15) is 5.26 Å². The molecule has 11 nitrogen and oxygen atoms in total. The predicted molar refractivity (Wildman–Crippen MR) is 150 cm³/mol. The minimum Gasteiger partial charge on any atom is -0.400 e. The third-order valence-corrected chi connectivity index (χ3v) is 7.80. The van der Waals surface area contributed by atoms with Crippen LogP contribution in [-0.4, -0.2) is 85.8 Å². The van der Waals surface area contributed by atoms with Gasteiger partial charge in [0.15, 0.2) is 6.23 Å². The number of ether oxygens (including phenoxy) is 2. The highest BCUT2D eigenvalue weighted by molar-refractivity contribution is 7.44. The van der Waals surface area contributed by atoms with Crippen LogP contribution in [0.4, 0.5) is 4.79 Å². The first kappa shape index (κ1) is 29.8. The zero-order valence-corrected chi connectivity index (χ0v) is 24.4. The van der Waals surface area contributed by atoms with Gasteiger partial charge in [-0.05, 0) is 46.2 Å². The average molecular weight is 569 g/mol. The van der Waals surface area contributed by atoms with Crippen LogP contribution >= 0.6 is 8.53 Å². The van der Waals surface area contributed by atoms with Gasteiger partial charge in [0.25, 0.3) is 8.53 Å². The van der Waals surface area contributed by atoms with E-state index in [4.69, 9.17) is 26.6 Å². The molecule has 0 saturated carbocycles. The highest BCUT2D eigenvalue weighted by atomic mass is 31.2.